The number of aryl methyl sites for hydroxylation is 1. The molecule has 20 heavy (non-hydrogen) atoms. The molecule has 110 valence electrons. The van der Waals surface area contributed by atoms with Crippen molar-refractivity contribution in [3.63, 3.8) is 0 Å². The molecule has 5 nitrogen and oxygen atoms in total. The summed E-state index contributed by atoms with van der Waals surface area (Å²) in [7, 11) is 1.30. The monoisotopic (exact) mass is 343 g/mol. The number of amides is 1. The Bertz CT molecular complexity index is 464. The minimum atomic E-state index is -0.533. The first-order valence-electron chi connectivity index (χ1n) is 6.21. The molecular weight excluding hydrogens is 326 g/mol. The second kappa shape index (κ2) is 8.58. The van der Waals surface area contributed by atoms with Crippen molar-refractivity contribution in [1.82, 2.24) is 5.32 Å². The van der Waals surface area contributed by atoms with Crippen LogP contribution < -0.4 is 10.1 Å². The Balaban J connectivity index is 2.22. The Morgan fingerprint density at radius 1 is 1.40 bits per heavy atom. The van der Waals surface area contributed by atoms with Gasteiger partial charge in [0.25, 0.3) is 0 Å². The highest BCUT2D eigenvalue weighted by Crippen LogP contribution is 2.12. The van der Waals surface area contributed by atoms with E-state index in [1.54, 1.807) is 0 Å². The van der Waals surface area contributed by atoms with Gasteiger partial charge in [0.1, 0.15) is 10.6 Å². The van der Waals surface area contributed by atoms with Gasteiger partial charge in [0, 0.05) is 6.54 Å². The van der Waals surface area contributed by atoms with E-state index in [0.29, 0.717) is 6.61 Å². The lowest BCUT2D eigenvalue weighted by Gasteiger charge is -2.10. The second-order valence-electron chi connectivity index (χ2n) is 4.21. The molecule has 0 saturated heterocycles. The summed E-state index contributed by atoms with van der Waals surface area (Å²) >= 11 is 3.12. The molecule has 0 fully saturated rings. The molecule has 1 rings (SSSR count). The van der Waals surface area contributed by atoms with E-state index in [-0.39, 0.29) is 18.9 Å². The molecule has 1 aromatic carbocycles. The van der Waals surface area contributed by atoms with Crippen LogP contribution in [0.4, 0.5) is 0 Å². The number of methoxy groups -OCH3 is 1. The standard InChI is InChI=1S/C14H18BrNO4/c1-10-4-3-5-11(8-10)20-7-6-13(17)16-9-12(15)14(18)19-2/h3-5,8,12H,6-7,9H2,1-2H3,(H,16,17). The number of halogens is 1. The van der Waals surface area contributed by atoms with Crippen LogP contribution in [0.15, 0.2) is 24.3 Å². The zero-order valence-electron chi connectivity index (χ0n) is 11.5. The SMILES string of the molecule is COC(=O)C(Br)CNC(=O)CCOc1cccc(C)c1. The summed E-state index contributed by atoms with van der Waals surface area (Å²) in [6.45, 7) is 2.46. The number of carbonyl (C=O) groups excluding carboxylic acids is 2. The molecule has 0 spiro atoms. The molecule has 0 heterocycles. The zero-order valence-corrected chi connectivity index (χ0v) is 13.1. The molecule has 0 radical (unpaired) electrons. The van der Waals surface area contributed by atoms with Gasteiger partial charge >= 0.3 is 5.97 Å². The van der Waals surface area contributed by atoms with Gasteiger partial charge in [0.15, 0.2) is 0 Å². The fraction of sp³-hybridized carbons (Fsp3) is 0.429. The van der Waals surface area contributed by atoms with Crippen LogP contribution in [-0.2, 0) is 14.3 Å². The van der Waals surface area contributed by atoms with Crippen molar-refractivity contribution in [1.29, 1.82) is 0 Å². The van der Waals surface area contributed by atoms with Crippen LogP contribution in [0.25, 0.3) is 0 Å². The van der Waals surface area contributed by atoms with Crippen molar-refractivity contribution in [2.24, 2.45) is 0 Å². The number of hydrogen-bond donors (Lipinski definition) is 1. The molecule has 1 amide bonds. The van der Waals surface area contributed by atoms with Crippen LogP contribution in [0.3, 0.4) is 0 Å². The molecule has 0 aliphatic heterocycles. The van der Waals surface area contributed by atoms with Crippen molar-refractivity contribution >= 4 is 27.8 Å². The van der Waals surface area contributed by atoms with Crippen molar-refractivity contribution in [3.05, 3.63) is 29.8 Å². The molecule has 0 aromatic heterocycles. The minimum absolute atomic E-state index is 0.175. The number of alkyl halides is 1. The molecule has 1 aromatic rings. The molecule has 0 aliphatic carbocycles. The Kier molecular flexibility index (Phi) is 7.08. The van der Waals surface area contributed by atoms with E-state index < -0.39 is 10.8 Å². The van der Waals surface area contributed by atoms with Gasteiger partial charge in [-0.3, -0.25) is 9.59 Å². The number of benzene rings is 1. The van der Waals surface area contributed by atoms with E-state index in [1.807, 2.05) is 31.2 Å². The van der Waals surface area contributed by atoms with E-state index in [1.165, 1.54) is 7.11 Å². The fourth-order valence-corrected chi connectivity index (χ4v) is 1.82. The van der Waals surface area contributed by atoms with Crippen molar-refractivity contribution in [3.8, 4) is 5.75 Å². The molecule has 0 bridgehead atoms. The van der Waals surface area contributed by atoms with E-state index in [4.69, 9.17) is 4.74 Å². The average Bonchev–Trinajstić information content (AvgIpc) is 2.44. The predicted octanol–water partition coefficient (Wildman–Crippen LogP) is 1.82. The Morgan fingerprint density at radius 3 is 2.80 bits per heavy atom. The second-order valence-corrected chi connectivity index (χ2v) is 5.32. The molecule has 0 saturated carbocycles. The minimum Gasteiger partial charge on any atom is -0.493 e. The molecule has 1 N–H and O–H groups in total. The van der Waals surface area contributed by atoms with Crippen molar-refractivity contribution in [2.75, 3.05) is 20.3 Å². The van der Waals surface area contributed by atoms with E-state index in [0.717, 1.165) is 11.3 Å². The summed E-state index contributed by atoms with van der Waals surface area (Å²) in [5, 5.41) is 2.63. The van der Waals surface area contributed by atoms with Gasteiger partial charge in [-0.1, -0.05) is 28.1 Å². The van der Waals surface area contributed by atoms with E-state index in [2.05, 4.69) is 26.0 Å². The smallest absolute Gasteiger partial charge is 0.321 e. The van der Waals surface area contributed by atoms with Gasteiger partial charge < -0.3 is 14.8 Å². The maximum absolute atomic E-state index is 11.6. The zero-order chi connectivity index (χ0) is 15.0. The van der Waals surface area contributed by atoms with Gasteiger partial charge in [-0.05, 0) is 24.6 Å². The van der Waals surface area contributed by atoms with Gasteiger partial charge in [0.05, 0.1) is 20.1 Å². The van der Waals surface area contributed by atoms with Crippen LogP contribution in [0.5, 0.6) is 5.75 Å². The highest BCUT2D eigenvalue weighted by molar-refractivity contribution is 9.10. The molecular formula is C14H18BrNO4. The van der Waals surface area contributed by atoms with Crippen molar-refractivity contribution < 1.29 is 19.1 Å². The highest BCUT2D eigenvalue weighted by Gasteiger charge is 2.15. The molecule has 0 aliphatic rings. The topological polar surface area (TPSA) is 64.6 Å². The highest BCUT2D eigenvalue weighted by atomic mass is 79.9. The van der Waals surface area contributed by atoms with Crippen LogP contribution in [0.2, 0.25) is 0 Å². The van der Waals surface area contributed by atoms with Crippen LogP contribution >= 0.6 is 15.9 Å². The van der Waals surface area contributed by atoms with Gasteiger partial charge in [-0.25, -0.2) is 0 Å². The molecule has 1 unspecified atom stereocenters. The predicted molar refractivity (Wildman–Crippen MR) is 79.0 cm³/mol. The third-order valence-corrected chi connectivity index (χ3v) is 3.22. The maximum atomic E-state index is 11.6. The summed E-state index contributed by atoms with van der Waals surface area (Å²) in [5.74, 6) is 0.151. The Hall–Kier alpha value is -1.56. The third-order valence-electron chi connectivity index (χ3n) is 2.52. The number of ether oxygens (including phenoxy) is 2. The Labute approximate surface area is 126 Å². The van der Waals surface area contributed by atoms with Crippen LogP contribution in [0, 0.1) is 6.92 Å². The number of esters is 1. The number of hydrogen-bond acceptors (Lipinski definition) is 4. The largest absolute Gasteiger partial charge is 0.493 e. The van der Waals surface area contributed by atoms with Crippen LogP contribution in [0.1, 0.15) is 12.0 Å². The molecule has 1 atom stereocenters. The quantitative estimate of drug-likeness (QED) is 0.605. The number of rotatable bonds is 7. The van der Waals surface area contributed by atoms with Crippen molar-refractivity contribution in [2.45, 2.75) is 18.2 Å². The van der Waals surface area contributed by atoms with E-state index in [9.17, 15) is 9.59 Å². The first-order chi connectivity index (χ1) is 9.52. The van der Waals surface area contributed by atoms with Crippen LogP contribution in [-0.4, -0.2) is 37.0 Å². The number of nitrogens with one attached hydrogen (secondary N) is 1. The lowest BCUT2D eigenvalue weighted by molar-refractivity contribution is -0.139. The summed E-state index contributed by atoms with van der Waals surface area (Å²) in [4.78, 5) is 22.1. The summed E-state index contributed by atoms with van der Waals surface area (Å²) in [6, 6.07) is 7.62. The van der Waals surface area contributed by atoms with Gasteiger partial charge in [0.2, 0.25) is 5.91 Å². The Morgan fingerprint density at radius 2 is 2.15 bits per heavy atom. The fourth-order valence-electron chi connectivity index (χ4n) is 1.47. The first-order valence-corrected chi connectivity index (χ1v) is 7.12. The first kappa shape index (κ1) is 16.5. The lowest BCUT2D eigenvalue weighted by Crippen LogP contribution is -2.34. The normalized spacial score (nSPS) is 11.6. The third kappa shape index (κ3) is 6.06. The maximum Gasteiger partial charge on any atom is 0.321 e. The van der Waals surface area contributed by atoms with E-state index >= 15 is 0 Å². The average molecular weight is 344 g/mol. The lowest BCUT2D eigenvalue weighted by atomic mass is 10.2. The summed E-state index contributed by atoms with van der Waals surface area (Å²) < 4.78 is 10.0. The number of carbonyl (C=O) groups is 2. The summed E-state index contributed by atoms with van der Waals surface area (Å²) in [6.07, 6.45) is 0.231. The van der Waals surface area contributed by atoms with Gasteiger partial charge in [-0.15, -0.1) is 0 Å². The molecule has 6 heteroatoms. The summed E-state index contributed by atoms with van der Waals surface area (Å²) in [5.41, 5.74) is 1.10. The van der Waals surface area contributed by atoms with Gasteiger partial charge in [-0.2, -0.15) is 0 Å².